The van der Waals surface area contributed by atoms with E-state index in [4.69, 9.17) is 22.7 Å². The van der Waals surface area contributed by atoms with Crippen LogP contribution >= 0.6 is 34.2 Å². The summed E-state index contributed by atoms with van der Waals surface area (Å²) < 4.78 is 0.405. The summed E-state index contributed by atoms with van der Waals surface area (Å²) in [5.41, 5.74) is 6.78. The number of benzene rings is 1. The van der Waals surface area contributed by atoms with E-state index in [0.717, 1.165) is 0 Å². The van der Waals surface area contributed by atoms with E-state index in [1.54, 1.807) is 18.2 Å². The fourth-order valence-electron chi connectivity index (χ4n) is 0.728. The summed E-state index contributed by atoms with van der Waals surface area (Å²) in [5.74, 6) is 0. The van der Waals surface area contributed by atoms with Crippen molar-refractivity contribution in [1.82, 2.24) is 0 Å². The molecule has 0 radical (unpaired) electrons. The van der Waals surface area contributed by atoms with E-state index < -0.39 is 0 Å². The summed E-state index contributed by atoms with van der Waals surface area (Å²) in [6.45, 7) is 0. The van der Waals surface area contributed by atoms with Crippen molar-refractivity contribution in [2.75, 3.05) is 5.73 Å². The molecule has 58 valence electrons. The Morgan fingerprint density at radius 1 is 1.55 bits per heavy atom. The molecule has 0 spiro atoms. The molecule has 0 bridgehead atoms. The van der Waals surface area contributed by atoms with Gasteiger partial charge < -0.3 is 5.73 Å². The largest absolute Gasteiger partial charge is 0.397 e. The van der Waals surface area contributed by atoms with E-state index in [1.807, 2.05) is 22.6 Å². The minimum absolute atomic E-state index is 0.405. The average Bonchev–Trinajstić information content (AvgIpc) is 1.94. The fraction of sp³-hybridized carbons (Fsp3) is 0. The molecule has 0 fully saturated rings. The Labute approximate surface area is 83.4 Å². The molecule has 0 saturated heterocycles. The first kappa shape index (κ1) is 8.80. The van der Waals surface area contributed by atoms with Crippen LogP contribution in [0.4, 0.5) is 5.69 Å². The SMILES string of the molecule is N=C(I)c1cccc(Cl)c1N. The van der Waals surface area contributed by atoms with Crippen molar-refractivity contribution in [3.05, 3.63) is 28.8 Å². The Morgan fingerprint density at radius 3 is 2.64 bits per heavy atom. The molecule has 0 saturated carbocycles. The molecule has 0 aliphatic heterocycles. The van der Waals surface area contributed by atoms with Crippen molar-refractivity contribution in [1.29, 1.82) is 5.41 Å². The Hall–Kier alpha value is -0.290. The summed E-state index contributed by atoms with van der Waals surface area (Å²) in [6, 6.07) is 5.26. The minimum atomic E-state index is 0.405. The maximum Gasteiger partial charge on any atom is 0.101 e. The van der Waals surface area contributed by atoms with Gasteiger partial charge in [0, 0.05) is 5.56 Å². The van der Waals surface area contributed by atoms with Gasteiger partial charge in [-0.3, -0.25) is 5.41 Å². The van der Waals surface area contributed by atoms with Crippen LogP contribution in [0, 0.1) is 5.41 Å². The Bertz CT molecular complexity index is 298. The van der Waals surface area contributed by atoms with Gasteiger partial charge in [0.25, 0.3) is 0 Å². The molecule has 1 aromatic rings. The van der Waals surface area contributed by atoms with Crippen molar-refractivity contribution in [3.63, 3.8) is 0 Å². The summed E-state index contributed by atoms with van der Waals surface area (Å²) >= 11 is 7.63. The molecule has 4 heteroatoms. The number of nitrogens with one attached hydrogen (secondary N) is 1. The zero-order valence-corrected chi connectivity index (χ0v) is 8.48. The number of halogens is 2. The molecule has 0 unspecified atom stereocenters. The van der Waals surface area contributed by atoms with Crippen LogP contribution in [0.1, 0.15) is 5.56 Å². The standard InChI is InChI=1S/C7H6ClIN2/c8-5-3-1-2-4(6(5)10)7(9)11/h1-3,11H,10H2. The highest BCUT2D eigenvalue weighted by Gasteiger charge is 2.04. The molecular formula is C7H6ClIN2. The highest BCUT2D eigenvalue weighted by Crippen LogP contribution is 2.23. The second-order valence-corrected chi connectivity index (χ2v) is 3.50. The lowest BCUT2D eigenvalue weighted by Gasteiger charge is -2.02. The van der Waals surface area contributed by atoms with Crippen LogP contribution in [0.2, 0.25) is 5.02 Å². The first-order valence-electron chi connectivity index (χ1n) is 2.91. The normalized spacial score (nSPS) is 9.64. The monoisotopic (exact) mass is 280 g/mol. The fourth-order valence-corrected chi connectivity index (χ4v) is 1.37. The van der Waals surface area contributed by atoms with Crippen LogP contribution < -0.4 is 5.73 Å². The van der Waals surface area contributed by atoms with Gasteiger partial charge in [-0.1, -0.05) is 23.7 Å². The Kier molecular flexibility index (Phi) is 2.72. The van der Waals surface area contributed by atoms with Gasteiger partial charge >= 0.3 is 0 Å². The van der Waals surface area contributed by atoms with E-state index in [0.29, 0.717) is 20.0 Å². The third-order valence-electron chi connectivity index (χ3n) is 1.29. The maximum absolute atomic E-state index is 7.32. The Balaban J connectivity index is 3.27. The number of nitrogen functional groups attached to an aromatic ring is 1. The summed E-state index contributed by atoms with van der Waals surface area (Å²) in [7, 11) is 0. The van der Waals surface area contributed by atoms with Crippen LogP contribution in [0.15, 0.2) is 18.2 Å². The lowest BCUT2D eigenvalue weighted by atomic mass is 10.2. The van der Waals surface area contributed by atoms with Crippen molar-refractivity contribution in [2.45, 2.75) is 0 Å². The van der Waals surface area contributed by atoms with Gasteiger partial charge in [0.05, 0.1) is 10.7 Å². The number of hydrogen-bond acceptors (Lipinski definition) is 2. The molecule has 0 heterocycles. The number of anilines is 1. The van der Waals surface area contributed by atoms with Gasteiger partial charge in [-0.15, -0.1) is 0 Å². The first-order valence-corrected chi connectivity index (χ1v) is 4.37. The van der Waals surface area contributed by atoms with E-state index in [-0.39, 0.29) is 0 Å². The molecule has 0 amide bonds. The van der Waals surface area contributed by atoms with Crippen LogP contribution in [-0.2, 0) is 0 Å². The van der Waals surface area contributed by atoms with Crippen molar-refractivity contribution in [2.24, 2.45) is 0 Å². The second-order valence-electron chi connectivity index (χ2n) is 2.02. The van der Waals surface area contributed by atoms with E-state index in [2.05, 4.69) is 0 Å². The molecule has 0 aliphatic carbocycles. The minimum Gasteiger partial charge on any atom is -0.397 e. The molecule has 11 heavy (non-hydrogen) atoms. The molecule has 1 rings (SSSR count). The van der Waals surface area contributed by atoms with Crippen LogP contribution in [-0.4, -0.2) is 3.72 Å². The summed E-state index contributed by atoms with van der Waals surface area (Å²) in [6.07, 6.45) is 0. The van der Waals surface area contributed by atoms with Crippen molar-refractivity contribution < 1.29 is 0 Å². The van der Waals surface area contributed by atoms with Gasteiger partial charge in [0.2, 0.25) is 0 Å². The van der Waals surface area contributed by atoms with E-state index in [9.17, 15) is 0 Å². The quantitative estimate of drug-likeness (QED) is 0.464. The zero-order valence-electron chi connectivity index (χ0n) is 5.57. The van der Waals surface area contributed by atoms with Gasteiger partial charge in [0.1, 0.15) is 3.72 Å². The average molecular weight is 280 g/mol. The smallest absolute Gasteiger partial charge is 0.101 e. The molecular weight excluding hydrogens is 274 g/mol. The molecule has 2 nitrogen and oxygen atoms in total. The van der Waals surface area contributed by atoms with E-state index >= 15 is 0 Å². The van der Waals surface area contributed by atoms with Crippen molar-refractivity contribution in [3.8, 4) is 0 Å². The maximum atomic E-state index is 7.32. The van der Waals surface area contributed by atoms with Gasteiger partial charge in [-0.25, -0.2) is 0 Å². The number of para-hydroxylation sites is 1. The molecule has 3 N–H and O–H groups in total. The van der Waals surface area contributed by atoms with Crippen molar-refractivity contribution >= 4 is 43.6 Å². The number of rotatable bonds is 1. The number of nitrogens with two attached hydrogens (primary N) is 1. The summed E-state index contributed by atoms with van der Waals surface area (Å²) in [5, 5.41) is 7.82. The lowest BCUT2D eigenvalue weighted by molar-refractivity contribution is 1.53. The predicted molar refractivity (Wildman–Crippen MR) is 56.7 cm³/mol. The first-order chi connectivity index (χ1) is 5.13. The van der Waals surface area contributed by atoms with Gasteiger partial charge in [0.15, 0.2) is 0 Å². The lowest BCUT2D eigenvalue weighted by Crippen LogP contribution is -1.96. The van der Waals surface area contributed by atoms with Gasteiger partial charge in [-0.05, 0) is 28.7 Å². The zero-order chi connectivity index (χ0) is 8.43. The van der Waals surface area contributed by atoms with Crippen LogP contribution in [0.25, 0.3) is 0 Å². The highest BCUT2D eigenvalue weighted by atomic mass is 127. The highest BCUT2D eigenvalue weighted by molar-refractivity contribution is 14.1. The van der Waals surface area contributed by atoms with Gasteiger partial charge in [-0.2, -0.15) is 0 Å². The molecule has 1 aromatic carbocycles. The summed E-state index contributed by atoms with van der Waals surface area (Å²) in [4.78, 5) is 0. The molecule has 0 aromatic heterocycles. The van der Waals surface area contributed by atoms with Crippen LogP contribution in [0.5, 0.6) is 0 Å². The second kappa shape index (κ2) is 3.40. The Morgan fingerprint density at radius 2 is 2.18 bits per heavy atom. The van der Waals surface area contributed by atoms with E-state index in [1.165, 1.54) is 0 Å². The van der Waals surface area contributed by atoms with Crippen LogP contribution in [0.3, 0.4) is 0 Å². The molecule has 0 atom stereocenters. The topological polar surface area (TPSA) is 49.9 Å². The predicted octanol–water partition coefficient (Wildman–Crippen LogP) is 2.68. The number of hydrogen-bond donors (Lipinski definition) is 2. The molecule has 0 aliphatic rings. The third-order valence-corrected chi connectivity index (χ3v) is 2.20. The third kappa shape index (κ3) is 1.84.